The van der Waals surface area contributed by atoms with E-state index in [1.54, 1.807) is 29.9 Å². The number of nitrogens with one attached hydrogen (secondary N) is 3. The fourth-order valence-corrected chi connectivity index (χ4v) is 3.67. The van der Waals surface area contributed by atoms with Crippen LogP contribution in [0.2, 0.25) is 0 Å². The van der Waals surface area contributed by atoms with Crippen molar-refractivity contribution in [3.05, 3.63) is 104 Å². The molecule has 0 saturated carbocycles. The Kier molecular flexibility index (Phi) is 6.81. The number of nitrogens with two attached hydrogens (primary N) is 1. The fourth-order valence-electron chi connectivity index (χ4n) is 3.67. The van der Waals surface area contributed by atoms with E-state index >= 15 is 0 Å². The molecule has 1 atom stereocenters. The van der Waals surface area contributed by atoms with E-state index in [9.17, 15) is 19.2 Å². The van der Waals surface area contributed by atoms with Crippen LogP contribution in [0.3, 0.4) is 0 Å². The first-order valence-corrected chi connectivity index (χ1v) is 11.0. The molecule has 0 spiro atoms. The van der Waals surface area contributed by atoms with Gasteiger partial charge in [0.05, 0.1) is 31.5 Å². The Labute approximate surface area is 204 Å². The molecule has 1 amide bonds. The van der Waals surface area contributed by atoms with Crippen LogP contribution in [0.25, 0.3) is 11.1 Å². The van der Waals surface area contributed by atoms with Crippen LogP contribution >= 0.6 is 0 Å². The maximum atomic E-state index is 12.6. The van der Waals surface area contributed by atoms with Crippen LogP contribution in [0.5, 0.6) is 0 Å². The number of aromatic amines is 2. The number of benzene rings is 2. The van der Waals surface area contributed by atoms with Gasteiger partial charge in [-0.3, -0.25) is 19.3 Å². The molecule has 184 valence electrons. The van der Waals surface area contributed by atoms with Crippen molar-refractivity contribution in [3.63, 3.8) is 0 Å². The Morgan fingerprint density at radius 3 is 2.58 bits per heavy atom. The van der Waals surface area contributed by atoms with Gasteiger partial charge in [-0.15, -0.1) is 0 Å². The lowest BCUT2D eigenvalue weighted by atomic mass is 10.0. The summed E-state index contributed by atoms with van der Waals surface area (Å²) in [5.74, 6) is -1.05. The number of anilines is 1. The first-order valence-electron chi connectivity index (χ1n) is 11.0. The number of nitrogens with zero attached hydrogens (tertiary/aromatic N) is 2. The minimum absolute atomic E-state index is 0.285. The Bertz CT molecular complexity index is 1530. The highest BCUT2D eigenvalue weighted by Gasteiger charge is 2.17. The number of amides is 1. The maximum Gasteiger partial charge on any atom is 0.337 e. The number of carbonyl (C=O) groups is 2. The summed E-state index contributed by atoms with van der Waals surface area (Å²) in [6.07, 6.45) is 3.64. The van der Waals surface area contributed by atoms with E-state index in [1.807, 2.05) is 47.6 Å². The predicted octanol–water partition coefficient (Wildman–Crippen LogP) is 1.83. The number of rotatable bonds is 7. The van der Waals surface area contributed by atoms with Crippen molar-refractivity contribution in [3.8, 4) is 11.1 Å². The smallest absolute Gasteiger partial charge is 0.337 e. The third-order valence-electron chi connectivity index (χ3n) is 5.63. The number of methoxy groups -OCH3 is 1. The second-order valence-electron chi connectivity index (χ2n) is 8.13. The molecule has 5 N–H and O–H groups in total. The van der Waals surface area contributed by atoms with E-state index in [2.05, 4.69) is 15.4 Å². The number of esters is 1. The van der Waals surface area contributed by atoms with Gasteiger partial charge in [-0.2, -0.15) is 5.10 Å². The number of nitrogen functional groups attached to an aromatic ring is 1. The monoisotopic (exact) mass is 488 g/mol. The number of carbonyl (C=O) groups excluding carboxylic acids is 2. The normalized spacial score (nSPS) is 11.6. The average Bonchev–Trinajstić information content (AvgIpc) is 3.34. The summed E-state index contributed by atoms with van der Waals surface area (Å²) in [5.41, 5.74) is 7.39. The summed E-state index contributed by atoms with van der Waals surface area (Å²) in [6, 6.07) is 14.2. The van der Waals surface area contributed by atoms with E-state index < -0.39 is 23.2 Å². The molecule has 0 radical (unpaired) electrons. The highest BCUT2D eigenvalue weighted by Crippen LogP contribution is 2.23. The molecule has 0 aliphatic carbocycles. The molecule has 0 saturated heterocycles. The van der Waals surface area contributed by atoms with Crippen molar-refractivity contribution in [1.82, 2.24) is 25.1 Å². The summed E-state index contributed by atoms with van der Waals surface area (Å²) in [5, 5.41) is 7.17. The number of aromatic nitrogens is 4. The lowest BCUT2D eigenvalue weighted by molar-refractivity contribution is 0.0600. The van der Waals surface area contributed by atoms with Gasteiger partial charge in [-0.05, 0) is 41.8 Å². The molecule has 4 aromatic rings. The molecule has 2 aromatic heterocycles. The molecule has 11 heteroatoms. The third kappa shape index (κ3) is 5.25. The fraction of sp³-hybridized carbons (Fsp3) is 0.160. The van der Waals surface area contributed by atoms with Gasteiger partial charge in [0.25, 0.3) is 11.5 Å². The lowest BCUT2D eigenvalue weighted by Crippen LogP contribution is -2.34. The molecular weight excluding hydrogens is 464 g/mol. The predicted molar refractivity (Wildman–Crippen MR) is 133 cm³/mol. The molecule has 36 heavy (non-hydrogen) atoms. The molecule has 0 bridgehead atoms. The molecule has 11 nitrogen and oxygen atoms in total. The van der Waals surface area contributed by atoms with E-state index in [4.69, 9.17) is 10.5 Å². The Hall–Kier alpha value is -4.93. The topological polar surface area (TPSA) is 165 Å². The van der Waals surface area contributed by atoms with Gasteiger partial charge in [0.15, 0.2) is 0 Å². The molecule has 0 aliphatic heterocycles. The Morgan fingerprint density at radius 2 is 1.86 bits per heavy atom. The Balaban J connectivity index is 1.47. The van der Waals surface area contributed by atoms with Crippen LogP contribution in [0.15, 0.2) is 70.5 Å². The maximum absolute atomic E-state index is 12.6. The van der Waals surface area contributed by atoms with E-state index in [0.29, 0.717) is 12.1 Å². The van der Waals surface area contributed by atoms with Crippen molar-refractivity contribution in [1.29, 1.82) is 0 Å². The summed E-state index contributed by atoms with van der Waals surface area (Å²) in [4.78, 5) is 51.6. The molecular formula is C25H24N6O5. The van der Waals surface area contributed by atoms with Crippen molar-refractivity contribution in [2.24, 2.45) is 0 Å². The molecule has 2 heterocycles. The first-order chi connectivity index (χ1) is 17.2. The molecule has 0 aliphatic rings. The van der Waals surface area contributed by atoms with E-state index in [0.717, 1.165) is 22.3 Å². The number of H-pyrrole nitrogens is 2. The highest BCUT2D eigenvalue weighted by atomic mass is 16.5. The van der Waals surface area contributed by atoms with Crippen molar-refractivity contribution >= 4 is 17.6 Å². The standard InChI is InChI=1S/C25H24N6O5/c1-14(28-23(33)21-20(26)22(32)30-25(35)29-21)17-4-3-5-18(10-17)19-11-27-31(13-19)12-15-6-8-16(9-7-15)24(34)36-2/h3-11,13-14H,12,26H2,1-2H3,(H,28,33)(H2,29,30,32,35)/t14-/m1/s1. The van der Waals surface area contributed by atoms with Crippen LogP contribution in [0, 0.1) is 0 Å². The molecule has 2 aromatic carbocycles. The van der Waals surface area contributed by atoms with Crippen LogP contribution in [-0.4, -0.2) is 38.7 Å². The summed E-state index contributed by atoms with van der Waals surface area (Å²) in [7, 11) is 1.34. The lowest BCUT2D eigenvalue weighted by Gasteiger charge is -2.15. The third-order valence-corrected chi connectivity index (χ3v) is 5.63. The average molecular weight is 489 g/mol. The van der Waals surface area contributed by atoms with Crippen LogP contribution in [-0.2, 0) is 11.3 Å². The first kappa shape index (κ1) is 24.2. The van der Waals surface area contributed by atoms with Crippen molar-refractivity contribution in [2.75, 3.05) is 12.8 Å². The summed E-state index contributed by atoms with van der Waals surface area (Å²) >= 11 is 0. The second kappa shape index (κ2) is 10.1. The van der Waals surface area contributed by atoms with Crippen molar-refractivity contribution < 1.29 is 14.3 Å². The Morgan fingerprint density at radius 1 is 1.11 bits per heavy atom. The SMILES string of the molecule is COC(=O)c1ccc(Cn2cc(-c3cccc([C@@H](C)NC(=O)c4[nH]c(=O)[nH]c(=O)c4N)c3)cn2)cc1. The number of ether oxygens (including phenoxy) is 1. The summed E-state index contributed by atoms with van der Waals surface area (Å²) < 4.78 is 6.50. The van der Waals surface area contributed by atoms with Gasteiger partial charge < -0.3 is 20.8 Å². The second-order valence-corrected chi connectivity index (χ2v) is 8.13. The number of hydrogen-bond donors (Lipinski definition) is 4. The van der Waals surface area contributed by atoms with Gasteiger partial charge in [-0.1, -0.05) is 30.3 Å². The molecule has 0 unspecified atom stereocenters. The van der Waals surface area contributed by atoms with Gasteiger partial charge in [0, 0.05) is 11.8 Å². The largest absolute Gasteiger partial charge is 0.465 e. The summed E-state index contributed by atoms with van der Waals surface area (Å²) in [6.45, 7) is 2.29. The van der Waals surface area contributed by atoms with Crippen molar-refractivity contribution in [2.45, 2.75) is 19.5 Å². The van der Waals surface area contributed by atoms with E-state index in [-0.39, 0.29) is 17.4 Å². The van der Waals surface area contributed by atoms with Crippen LogP contribution in [0.1, 0.15) is 44.9 Å². The van der Waals surface area contributed by atoms with Crippen LogP contribution in [0.4, 0.5) is 5.69 Å². The van der Waals surface area contributed by atoms with Gasteiger partial charge in [0.2, 0.25) is 0 Å². The zero-order valence-corrected chi connectivity index (χ0v) is 19.6. The quantitative estimate of drug-likeness (QED) is 0.288. The van der Waals surface area contributed by atoms with E-state index in [1.165, 1.54) is 7.11 Å². The highest BCUT2D eigenvalue weighted by molar-refractivity contribution is 5.97. The molecule has 0 fully saturated rings. The number of hydrogen-bond acceptors (Lipinski definition) is 7. The zero-order chi connectivity index (χ0) is 25.8. The minimum atomic E-state index is -0.824. The van der Waals surface area contributed by atoms with Gasteiger partial charge in [-0.25, -0.2) is 9.59 Å². The zero-order valence-electron chi connectivity index (χ0n) is 19.6. The minimum Gasteiger partial charge on any atom is -0.465 e. The van der Waals surface area contributed by atoms with Gasteiger partial charge >= 0.3 is 11.7 Å². The molecule has 4 rings (SSSR count). The van der Waals surface area contributed by atoms with Gasteiger partial charge in [0.1, 0.15) is 11.4 Å². The van der Waals surface area contributed by atoms with Crippen LogP contribution < -0.4 is 22.3 Å².